The Hall–Kier alpha value is -1.62. The Morgan fingerprint density at radius 2 is 2.37 bits per heavy atom. The van der Waals surface area contributed by atoms with Crippen molar-refractivity contribution in [1.29, 1.82) is 0 Å². The number of rotatable bonds is 4. The summed E-state index contributed by atoms with van der Waals surface area (Å²) in [5, 5.41) is 2.58. The topological polar surface area (TPSA) is 58.4 Å². The maximum Gasteiger partial charge on any atom is 0.238 e. The summed E-state index contributed by atoms with van der Waals surface area (Å²) in [5.41, 5.74) is 6.16. The van der Waals surface area contributed by atoms with E-state index in [1.165, 1.54) is 18.2 Å². The number of carbonyl (C=O) groups excluding carboxylic acids is 1. The van der Waals surface area contributed by atoms with Crippen LogP contribution in [0.15, 0.2) is 18.2 Å². The third-order valence-electron chi connectivity index (χ3n) is 3.58. The van der Waals surface area contributed by atoms with Crippen molar-refractivity contribution in [3.8, 4) is 0 Å². The highest BCUT2D eigenvalue weighted by Crippen LogP contribution is 2.20. The lowest BCUT2D eigenvalue weighted by Gasteiger charge is -2.15. The molecule has 0 saturated carbocycles. The Labute approximate surface area is 112 Å². The number of likely N-dealkylation sites (tertiary alicyclic amines) is 1. The normalized spacial score (nSPS) is 19.6. The van der Waals surface area contributed by atoms with Gasteiger partial charge in [-0.25, -0.2) is 4.39 Å². The first kappa shape index (κ1) is 13.8. The molecule has 0 bridgehead atoms. The summed E-state index contributed by atoms with van der Waals surface area (Å²) in [5.74, 6) is 0.0218. The number of carbonyl (C=O) groups is 1. The number of amides is 1. The van der Waals surface area contributed by atoms with Crippen LogP contribution in [0.2, 0.25) is 0 Å². The Balaban J connectivity index is 1.89. The third-order valence-corrected chi connectivity index (χ3v) is 3.58. The first-order chi connectivity index (χ1) is 9.08. The van der Waals surface area contributed by atoms with E-state index >= 15 is 0 Å². The molecule has 5 heteroatoms. The van der Waals surface area contributed by atoms with Crippen molar-refractivity contribution in [3.63, 3.8) is 0 Å². The van der Waals surface area contributed by atoms with Gasteiger partial charge in [-0.05, 0) is 37.1 Å². The summed E-state index contributed by atoms with van der Waals surface area (Å²) in [7, 11) is 0. The monoisotopic (exact) mass is 265 g/mol. The number of hydrogen-bond donors (Lipinski definition) is 2. The van der Waals surface area contributed by atoms with Gasteiger partial charge in [0.1, 0.15) is 5.82 Å². The largest absolute Gasteiger partial charge is 0.399 e. The Morgan fingerprint density at radius 3 is 3.05 bits per heavy atom. The molecule has 1 unspecified atom stereocenters. The summed E-state index contributed by atoms with van der Waals surface area (Å²) in [6, 6.07) is 4.16. The van der Waals surface area contributed by atoms with Crippen molar-refractivity contribution in [1.82, 2.24) is 4.90 Å². The minimum atomic E-state index is -0.463. The molecule has 1 aliphatic heterocycles. The Bertz CT molecular complexity index is 464. The van der Waals surface area contributed by atoms with Crippen LogP contribution in [0.5, 0.6) is 0 Å². The van der Waals surface area contributed by atoms with Crippen LogP contribution < -0.4 is 11.1 Å². The molecule has 19 heavy (non-hydrogen) atoms. The van der Waals surface area contributed by atoms with E-state index in [-0.39, 0.29) is 11.6 Å². The fraction of sp³-hybridized carbons (Fsp3) is 0.500. The highest BCUT2D eigenvalue weighted by Gasteiger charge is 2.22. The zero-order valence-corrected chi connectivity index (χ0v) is 11.2. The van der Waals surface area contributed by atoms with Crippen LogP contribution in [0.1, 0.15) is 19.8 Å². The number of hydrogen-bond acceptors (Lipinski definition) is 3. The standard InChI is InChI=1S/C14H20FN3O/c1-2-10-5-6-18(8-10)9-14(19)17-13-7-11(16)3-4-12(13)15/h3-4,7,10H,2,5-6,8-9,16H2,1H3,(H,17,19). The molecule has 1 aromatic rings. The number of nitrogens with two attached hydrogens (primary N) is 1. The molecule has 1 saturated heterocycles. The van der Waals surface area contributed by atoms with Crippen LogP contribution >= 0.6 is 0 Å². The molecule has 1 atom stereocenters. The van der Waals surface area contributed by atoms with Gasteiger partial charge in [0.25, 0.3) is 0 Å². The van der Waals surface area contributed by atoms with Gasteiger partial charge >= 0.3 is 0 Å². The van der Waals surface area contributed by atoms with Gasteiger partial charge in [0.05, 0.1) is 12.2 Å². The number of halogens is 1. The molecule has 1 aromatic carbocycles. The maximum absolute atomic E-state index is 13.5. The predicted molar refractivity (Wildman–Crippen MR) is 74.3 cm³/mol. The fourth-order valence-corrected chi connectivity index (χ4v) is 2.42. The maximum atomic E-state index is 13.5. The molecule has 1 fully saturated rings. The van der Waals surface area contributed by atoms with Crippen LogP contribution in [0.25, 0.3) is 0 Å². The van der Waals surface area contributed by atoms with Crippen molar-refractivity contribution in [3.05, 3.63) is 24.0 Å². The summed E-state index contributed by atoms with van der Waals surface area (Å²) >= 11 is 0. The lowest BCUT2D eigenvalue weighted by Crippen LogP contribution is -2.31. The minimum Gasteiger partial charge on any atom is -0.399 e. The lowest BCUT2D eigenvalue weighted by atomic mass is 10.1. The van der Waals surface area contributed by atoms with E-state index in [2.05, 4.69) is 17.1 Å². The first-order valence-corrected chi connectivity index (χ1v) is 6.65. The van der Waals surface area contributed by atoms with E-state index in [1.807, 2.05) is 0 Å². The van der Waals surface area contributed by atoms with Crippen molar-refractivity contribution in [2.45, 2.75) is 19.8 Å². The smallest absolute Gasteiger partial charge is 0.238 e. The summed E-state index contributed by atoms with van der Waals surface area (Å²) in [4.78, 5) is 14.0. The predicted octanol–water partition coefficient (Wildman–Crippen LogP) is 2.08. The van der Waals surface area contributed by atoms with Gasteiger partial charge in [0, 0.05) is 12.2 Å². The third kappa shape index (κ3) is 3.67. The van der Waals surface area contributed by atoms with Crippen molar-refractivity contribution < 1.29 is 9.18 Å². The molecular weight excluding hydrogens is 245 g/mol. The van der Waals surface area contributed by atoms with Gasteiger partial charge in [-0.2, -0.15) is 0 Å². The second-order valence-electron chi connectivity index (χ2n) is 5.09. The number of nitrogens with one attached hydrogen (secondary N) is 1. The van der Waals surface area contributed by atoms with Crippen molar-refractivity contribution in [2.75, 3.05) is 30.7 Å². The van der Waals surface area contributed by atoms with Gasteiger partial charge in [-0.3, -0.25) is 9.69 Å². The second-order valence-corrected chi connectivity index (χ2v) is 5.09. The van der Waals surface area contributed by atoms with E-state index < -0.39 is 5.82 Å². The number of anilines is 2. The molecule has 1 amide bonds. The highest BCUT2D eigenvalue weighted by molar-refractivity contribution is 5.92. The van der Waals surface area contributed by atoms with Crippen LogP contribution in [0, 0.1) is 11.7 Å². The zero-order valence-electron chi connectivity index (χ0n) is 11.2. The van der Waals surface area contributed by atoms with E-state index in [0.717, 1.165) is 25.9 Å². The molecule has 3 N–H and O–H groups in total. The molecule has 2 rings (SSSR count). The summed E-state index contributed by atoms with van der Waals surface area (Å²) in [6.45, 7) is 4.36. The van der Waals surface area contributed by atoms with Gasteiger partial charge in [0.15, 0.2) is 0 Å². The number of nitrogen functional groups attached to an aromatic ring is 1. The number of nitrogens with zero attached hydrogens (tertiary/aromatic N) is 1. The zero-order chi connectivity index (χ0) is 13.8. The average Bonchev–Trinajstić information content (AvgIpc) is 2.81. The molecule has 4 nitrogen and oxygen atoms in total. The highest BCUT2D eigenvalue weighted by atomic mass is 19.1. The Morgan fingerprint density at radius 1 is 1.58 bits per heavy atom. The summed E-state index contributed by atoms with van der Waals surface area (Å²) < 4.78 is 13.5. The van der Waals surface area contributed by atoms with Crippen molar-refractivity contribution in [2.24, 2.45) is 5.92 Å². The van der Waals surface area contributed by atoms with Crippen molar-refractivity contribution >= 4 is 17.3 Å². The second kappa shape index (κ2) is 6.02. The van der Waals surface area contributed by atoms with Gasteiger partial charge < -0.3 is 11.1 Å². The van der Waals surface area contributed by atoms with Gasteiger partial charge in [0.2, 0.25) is 5.91 Å². The van der Waals surface area contributed by atoms with E-state index in [0.29, 0.717) is 18.2 Å². The van der Waals surface area contributed by atoms with Gasteiger partial charge in [-0.15, -0.1) is 0 Å². The minimum absolute atomic E-state index is 0.149. The average molecular weight is 265 g/mol. The quantitative estimate of drug-likeness (QED) is 0.819. The molecular formula is C14H20FN3O. The molecule has 0 spiro atoms. The summed E-state index contributed by atoms with van der Waals surface area (Å²) in [6.07, 6.45) is 2.28. The van der Waals surface area contributed by atoms with Crippen LogP contribution in [0.4, 0.5) is 15.8 Å². The first-order valence-electron chi connectivity index (χ1n) is 6.65. The van der Waals surface area contributed by atoms with Gasteiger partial charge in [-0.1, -0.05) is 13.3 Å². The van der Waals surface area contributed by atoms with E-state index in [4.69, 9.17) is 5.73 Å². The number of benzene rings is 1. The molecule has 104 valence electrons. The lowest BCUT2D eigenvalue weighted by molar-refractivity contribution is -0.117. The van der Waals surface area contributed by atoms with Crippen LogP contribution in [-0.4, -0.2) is 30.4 Å². The Kier molecular flexibility index (Phi) is 4.37. The molecule has 1 heterocycles. The molecule has 0 aromatic heterocycles. The molecule has 0 aliphatic carbocycles. The molecule has 0 radical (unpaired) electrons. The SMILES string of the molecule is CCC1CCN(CC(=O)Nc2cc(N)ccc2F)C1. The van der Waals surface area contributed by atoms with E-state index in [9.17, 15) is 9.18 Å². The van der Waals surface area contributed by atoms with Crippen LogP contribution in [0.3, 0.4) is 0 Å². The fourth-order valence-electron chi connectivity index (χ4n) is 2.42. The van der Waals surface area contributed by atoms with Crippen LogP contribution in [-0.2, 0) is 4.79 Å². The molecule has 1 aliphatic rings. The van der Waals surface area contributed by atoms with E-state index in [1.54, 1.807) is 0 Å².